The normalized spacial score (nSPS) is 11.2. The number of aromatic nitrogens is 4. The first-order chi connectivity index (χ1) is 10.7. The zero-order chi connectivity index (χ0) is 15.5. The molecule has 2 heterocycles. The Morgan fingerprint density at radius 1 is 1.14 bits per heavy atom. The van der Waals surface area contributed by atoms with Crippen LogP contribution in [0.25, 0.3) is 11.2 Å². The Hall–Kier alpha value is -2.43. The van der Waals surface area contributed by atoms with Gasteiger partial charge in [0.2, 0.25) is 0 Å². The van der Waals surface area contributed by atoms with E-state index in [1.165, 1.54) is 17.5 Å². The number of anilines is 1. The second kappa shape index (κ2) is 6.13. The molecule has 2 aromatic heterocycles. The van der Waals surface area contributed by atoms with Crippen LogP contribution in [-0.4, -0.2) is 19.5 Å². The monoisotopic (exact) mass is 295 g/mol. The molecule has 0 aliphatic heterocycles. The minimum atomic E-state index is 0.449. The average molecular weight is 295 g/mol. The molecule has 1 aromatic carbocycles. The van der Waals surface area contributed by atoms with Crippen LogP contribution < -0.4 is 5.73 Å². The van der Waals surface area contributed by atoms with E-state index in [9.17, 15) is 0 Å². The SMILES string of the molecule is CCCCn1c(Cc2ccc(C)cc2)nc2c(N)ncnc21. The standard InChI is InChI=1S/C17H21N5/c1-3-4-9-22-14(10-13-7-5-12(2)6-8-13)21-15-16(18)19-11-20-17(15)22/h5-8,11H,3-4,9-10H2,1-2H3,(H2,18,19,20). The van der Waals surface area contributed by atoms with Crippen molar-refractivity contribution in [2.75, 3.05) is 5.73 Å². The van der Waals surface area contributed by atoms with E-state index in [-0.39, 0.29) is 0 Å². The fourth-order valence-electron chi connectivity index (χ4n) is 2.57. The van der Waals surface area contributed by atoms with E-state index >= 15 is 0 Å². The van der Waals surface area contributed by atoms with Crippen LogP contribution in [0.3, 0.4) is 0 Å². The molecule has 5 heteroatoms. The van der Waals surface area contributed by atoms with Gasteiger partial charge in [0, 0.05) is 13.0 Å². The van der Waals surface area contributed by atoms with Crippen LogP contribution in [0.4, 0.5) is 5.82 Å². The molecule has 0 unspecified atom stereocenters. The van der Waals surface area contributed by atoms with Gasteiger partial charge in [-0.25, -0.2) is 15.0 Å². The zero-order valence-corrected chi connectivity index (χ0v) is 13.1. The summed E-state index contributed by atoms with van der Waals surface area (Å²) in [5, 5.41) is 0. The van der Waals surface area contributed by atoms with Crippen molar-refractivity contribution in [2.24, 2.45) is 0 Å². The maximum Gasteiger partial charge on any atom is 0.165 e. The molecular formula is C17H21N5. The number of hydrogen-bond acceptors (Lipinski definition) is 4. The van der Waals surface area contributed by atoms with Crippen molar-refractivity contribution < 1.29 is 0 Å². The minimum Gasteiger partial charge on any atom is -0.382 e. The van der Waals surface area contributed by atoms with Crippen molar-refractivity contribution in [2.45, 2.75) is 39.7 Å². The summed E-state index contributed by atoms with van der Waals surface area (Å²) in [5.74, 6) is 1.45. The van der Waals surface area contributed by atoms with Crippen molar-refractivity contribution in [3.63, 3.8) is 0 Å². The number of rotatable bonds is 5. The van der Waals surface area contributed by atoms with Gasteiger partial charge in [-0.15, -0.1) is 0 Å². The Morgan fingerprint density at radius 3 is 2.64 bits per heavy atom. The first-order valence-electron chi connectivity index (χ1n) is 7.70. The van der Waals surface area contributed by atoms with Gasteiger partial charge in [-0.3, -0.25) is 0 Å². The van der Waals surface area contributed by atoms with Gasteiger partial charge in [0.15, 0.2) is 17.0 Å². The summed E-state index contributed by atoms with van der Waals surface area (Å²) >= 11 is 0. The van der Waals surface area contributed by atoms with Crippen LogP contribution >= 0.6 is 0 Å². The van der Waals surface area contributed by atoms with Crippen LogP contribution in [0.15, 0.2) is 30.6 Å². The molecule has 3 aromatic rings. The molecule has 0 aliphatic carbocycles. The van der Waals surface area contributed by atoms with E-state index in [1.54, 1.807) is 0 Å². The smallest absolute Gasteiger partial charge is 0.165 e. The molecule has 0 amide bonds. The lowest BCUT2D eigenvalue weighted by molar-refractivity contribution is 0.619. The summed E-state index contributed by atoms with van der Waals surface area (Å²) in [7, 11) is 0. The summed E-state index contributed by atoms with van der Waals surface area (Å²) < 4.78 is 2.18. The van der Waals surface area contributed by atoms with Gasteiger partial charge in [-0.2, -0.15) is 0 Å². The molecule has 0 atom stereocenters. The number of aryl methyl sites for hydroxylation is 2. The zero-order valence-electron chi connectivity index (χ0n) is 13.1. The molecule has 22 heavy (non-hydrogen) atoms. The largest absolute Gasteiger partial charge is 0.382 e. The lowest BCUT2D eigenvalue weighted by Gasteiger charge is -2.08. The molecule has 0 aliphatic rings. The molecule has 2 N–H and O–H groups in total. The highest BCUT2D eigenvalue weighted by molar-refractivity contribution is 5.81. The molecule has 3 rings (SSSR count). The highest BCUT2D eigenvalue weighted by atomic mass is 15.1. The number of nitrogen functional groups attached to an aromatic ring is 1. The topological polar surface area (TPSA) is 69.6 Å². The van der Waals surface area contributed by atoms with Crippen molar-refractivity contribution in [1.82, 2.24) is 19.5 Å². The predicted molar refractivity (Wildman–Crippen MR) is 88.6 cm³/mol. The molecule has 0 fully saturated rings. The maximum absolute atomic E-state index is 5.95. The lowest BCUT2D eigenvalue weighted by Crippen LogP contribution is -2.05. The summed E-state index contributed by atoms with van der Waals surface area (Å²) in [5.41, 5.74) is 10.0. The van der Waals surface area contributed by atoms with Gasteiger partial charge < -0.3 is 10.3 Å². The number of nitrogens with two attached hydrogens (primary N) is 1. The third-order valence-electron chi connectivity index (χ3n) is 3.86. The predicted octanol–water partition coefficient (Wildman–Crippen LogP) is 3.11. The van der Waals surface area contributed by atoms with Crippen molar-refractivity contribution >= 4 is 17.0 Å². The first-order valence-corrected chi connectivity index (χ1v) is 7.70. The van der Waals surface area contributed by atoms with Gasteiger partial charge in [0.25, 0.3) is 0 Å². The highest BCUT2D eigenvalue weighted by Crippen LogP contribution is 2.20. The Labute approximate surface area is 130 Å². The Kier molecular flexibility index (Phi) is 4.04. The molecule has 0 saturated carbocycles. The van der Waals surface area contributed by atoms with Crippen LogP contribution in [0.2, 0.25) is 0 Å². The quantitative estimate of drug-likeness (QED) is 0.785. The van der Waals surface area contributed by atoms with E-state index < -0.39 is 0 Å². The Balaban J connectivity index is 2.03. The van der Waals surface area contributed by atoms with Crippen LogP contribution in [0.5, 0.6) is 0 Å². The second-order valence-electron chi connectivity index (χ2n) is 5.63. The van der Waals surface area contributed by atoms with Crippen LogP contribution in [0.1, 0.15) is 36.7 Å². The third-order valence-corrected chi connectivity index (χ3v) is 3.86. The van der Waals surface area contributed by atoms with E-state index in [0.717, 1.165) is 37.3 Å². The Bertz CT molecular complexity index is 774. The molecule has 5 nitrogen and oxygen atoms in total. The number of fused-ring (bicyclic) bond motifs is 1. The second-order valence-corrected chi connectivity index (χ2v) is 5.63. The summed E-state index contributed by atoms with van der Waals surface area (Å²) in [6.45, 7) is 5.18. The van der Waals surface area contributed by atoms with Gasteiger partial charge in [0.05, 0.1) is 0 Å². The highest BCUT2D eigenvalue weighted by Gasteiger charge is 2.14. The number of benzene rings is 1. The van der Waals surface area contributed by atoms with Gasteiger partial charge >= 0.3 is 0 Å². The van der Waals surface area contributed by atoms with Crippen molar-refractivity contribution in [3.8, 4) is 0 Å². The fourth-order valence-corrected chi connectivity index (χ4v) is 2.57. The summed E-state index contributed by atoms with van der Waals surface area (Å²) in [4.78, 5) is 13.1. The minimum absolute atomic E-state index is 0.449. The van der Waals surface area contributed by atoms with Gasteiger partial charge in [0.1, 0.15) is 12.2 Å². The molecule has 0 saturated heterocycles. The molecule has 0 spiro atoms. The van der Waals surface area contributed by atoms with Gasteiger partial charge in [-0.05, 0) is 18.9 Å². The average Bonchev–Trinajstić information content (AvgIpc) is 2.86. The van der Waals surface area contributed by atoms with Crippen molar-refractivity contribution in [3.05, 3.63) is 47.5 Å². The summed E-state index contributed by atoms with van der Waals surface area (Å²) in [6.07, 6.45) is 4.51. The van der Waals surface area contributed by atoms with E-state index in [2.05, 4.69) is 52.6 Å². The maximum atomic E-state index is 5.95. The number of nitrogens with zero attached hydrogens (tertiary/aromatic N) is 4. The number of imidazole rings is 1. The lowest BCUT2D eigenvalue weighted by atomic mass is 10.1. The Morgan fingerprint density at radius 2 is 1.91 bits per heavy atom. The molecular weight excluding hydrogens is 274 g/mol. The third kappa shape index (κ3) is 2.79. The fraction of sp³-hybridized carbons (Fsp3) is 0.353. The van der Waals surface area contributed by atoms with Crippen LogP contribution in [0, 0.1) is 6.92 Å². The molecule has 0 radical (unpaired) electrons. The number of hydrogen-bond donors (Lipinski definition) is 1. The van der Waals surface area contributed by atoms with E-state index in [0.29, 0.717) is 11.3 Å². The first kappa shape index (κ1) is 14.5. The molecule has 114 valence electrons. The van der Waals surface area contributed by atoms with Crippen molar-refractivity contribution in [1.29, 1.82) is 0 Å². The number of unbranched alkanes of at least 4 members (excludes halogenated alkanes) is 1. The van der Waals surface area contributed by atoms with E-state index in [1.807, 2.05) is 0 Å². The summed E-state index contributed by atoms with van der Waals surface area (Å²) in [6, 6.07) is 8.55. The van der Waals surface area contributed by atoms with E-state index in [4.69, 9.17) is 10.7 Å². The van der Waals surface area contributed by atoms with Gasteiger partial charge in [-0.1, -0.05) is 43.2 Å². The van der Waals surface area contributed by atoms with Crippen LogP contribution in [-0.2, 0) is 13.0 Å². The molecule has 0 bridgehead atoms.